The molecule has 10 heteroatoms. The van der Waals surface area contributed by atoms with Gasteiger partial charge in [-0.2, -0.15) is 0 Å². The number of halogens is 1. The highest BCUT2D eigenvalue weighted by Crippen LogP contribution is 2.25. The molecular weight excluding hydrogens is 382 g/mol. The van der Waals surface area contributed by atoms with Gasteiger partial charge in [0.15, 0.2) is 6.23 Å². The van der Waals surface area contributed by atoms with Crippen molar-refractivity contribution in [2.45, 2.75) is 37.6 Å². The third-order valence-electron chi connectivity index (χ3n) is 4.65. The highest BCUT2D eigenvalue weighted by molar-refractivity contribution is 7.89. The van der Waals surface area contributed by atoms with Crippen molar-refractivity contribution < 1.29 is 23.1 Å². The van der Waals surface area contributed by atoms with Gasteiger partial charge in [0.1, 0.15) is 11.9 Å². The summed E-state index contributed by atoms with van der Waals surface area (Å²) in [7, 11) is -3.64. The molecule has 2 aliphatic rings. The number of sulfonamides is 1. The minimum atomic E-state index is -3.64. The van der Waals surface area contributed by atoms with E-state index in [2.05, 4.69) is 10.6 Å². The zero-order valence-corrected chi connectivity index (χ0v) is 15.9. The van der Waals surface area contributed by atoms with Crippen LogP contribution in [0.4, 0.5) is 4.79 Å². The molecule has 1 aromatic rings. The number of piperidine rings is 1. The Labute approximate surface area is 157 Å². The van der Waals surface area contributed by atoms with E-state index < -0.39 is 27.8 Å². The van der Waals surface area contributed by atoms with E-state index in [-0.39, 0.29) is 11.9 Å². The van der Waals surface area contributed by atoms with Crippen molar-refractivity contribution in [1.29, 1.82) is 0 Å². The fourth-order valence-corrected chi connectivity index (χ4v) is 5.31. The maximum absolute atomic E-state index is 12.7. The van der Waals surface area contributed by atoms with E-state index in [0.717, 1.165) is 0 Å². The van der Waals surface area contributed by atoms with Crippen LogP contribution < -0.4 is 15.4 Å². The molecule has 0 saturated carbocycles. The van der Waals surface area contributed by atoms with Crippen molar-refractivity contribution in [3.05, 3.63) is 29.3 Å². The second kappa shape index (κ2) is 7.22. The van der Waals surface area contributed by atoms with Crippen LogP contribution in [-0.4, -0.2) is 60.6 Å². The number of amides is 2. The Balaban J connectivity index is 1.57. The maximum Gasteiger partial charge on any atom is 0.317 e. The summed E-state index contributed by atoms with van der Waals surface area (Å²) in [5.41, 5.74) is -1.26. The third-order valence-corrected chi connectivity index (χ3v) is 7.00. The van der Waals surface area contributed by atoms with Gasteiger partial charge in [0, 0.05) is 18.1 Å². The van der Waals surface area contributed by atoms with Gasteiger partial charge >= 0.3 is 6.03 Å². The summed E-state index contributed by atoms with van der Waals surface area (Å²) in [6.45, 7) is 2.14. The molecule has 26 heavy (non-hydrogen) atoms. The van der Waals surface area contributed by atoms with Crippen LogP contribution in [0.1, 0.15) is 19.8 Å². The minimum Gasteiger partial charge on any atom is -0.490 e. The van der Waals surface area contributed by atoms with Gasteiger partial charge in [0.2, 0.25) is 10.0 Å². The quantitative estimate of drug-likeness (QED) is 0.677. The second-order valence-electron chi connectivity index (χ2n) is 6.85. The van der Waals surface area contributed by atoms with Crippen LogP contribution in [0.3, 0.4) is 0 Å². The van der Waals surface area contributed by atoms with E-state index in [4.69, 9.17) is 16.3 Å². The molecule has 0 radical (unpaired) electrons. The maximum atomic E-state index is 12.7. The van der Waals surface area contributed by atoms with E-state index in [0.29, 0.717) is 36.7 Å². The van der Waals surface area contributed by atoms with Gasteiger partial charge in [-0.05, 0) is 38.0 Å². The third kappa shape index (κ3) is 4.22. The van der Waals surface area contributed by atoms with Crippen molar-refractivity contribution >= 4 is 27.7 Å². The molecule has 1 unspecified atom stereocenters. The van der Waals surface area contributed by atoms with Gasteiger partial charge in [-0.3, -0.25) is 0 Å². The lowest BCUT2D eigenvalue weighted by atomic mass is 10.1. The standard InChI is InChI=1S/C16H22ClN3O5S/c1-16(14(21)18-15(22)19-16)10-26(23,24)20-7-5-12(6-8-20)25-13-4-2-3-11(17)9-13/h2-4,9,12,14,21H,5-8,10H2,1H3,(H2,18,19,22)/t14?,16-/m1/s1. The fourth-order valence-electron chi connectivity index (χ4n) is 3.19. The van der Waals surface area contributed by atoms with E-state index in [1.54, 1.807) is 18.2 Å². The summed E-state index contributed by atoms with van der Waals surface area (Å²) in [6.07, 6.45) is -0.243. The average Bonchev–Trinajstić information content (AvgIpc) is 2.79. The van der Waals surface area contributed by atoms with Crippen LogP contribution >= 0.6 is 11.6 Å². The highest BCUT2D eigenvalue weighted by Gasteiger charge is 2.46. The van der Waals surface area contributed by atoms with Crippen LogP contribution in [0.2, 0.25) is 5.02 Å². The molecule has 0 bridgehead atoms. The number of carbonyl (C=O) groups excluding carboxylic acids is 1. The molecule has 2 saturated heterocycles. The smallest absolute Gasteiger partial charge is 0.317 e. The van der Waals surface area contributed by atoms with Crippen LogP contribution in [0, 0.1) is 0 Å². The number of nitrogens with zero attached hydrogens (tertiary/aromatic N) is 1. The average molecular weight is 404 g/mol. The zero-order valence-electron chi connectivity index (χ0n) is 14.3. The Kier molecular flexibility index (Phi) is 5.34. The Bertz CT molecular complexity index is 782. The van der Waals surface area contributed by atoms with Crippen molar-refractivity contribution in [3.63, 3.8) is 0 Å². The zero-order chi connectivity index (χ0) is 18.9. The first-order chi connectivity index (χ1) is 12.2. The predicted molar refractivity (Wildman–Crippen MR) is 96.5 cm³/mol. The number of hydrogen-bond acceptors (Lipinski definition) is 5. The summed E-state index contributed by atoms with van der Waals surface area (Å²) < 4.78 is 32.6. The number of hydrogen-bond donors (Lipinski definition) is 3. The van der Waals surface area contributed by atoms with E-state index >= 15 is 0 Å². The first-order valence-corrected chi connectivity index (χ1v) is 10.3. The molecule has 2 aliphatic heterocycles. The normalized spacial score (nSPS) is 27.8. The lowest BCUT2D eigenvalue weighted by molar-refractivity contribution is 0.100. The Morgan fingerprint density at radius 3 is 2.65 bits per heavy atom. The molecule has 3 N–H and O–H groups in total. The molecule has 0 aliphatic carbocycles. The van der Waals surface area contributed by atoms with Gasteiger partial charge in [-0.1, -0.05) is 17.7 Å². The lowest BCUT2D eigenvalue weighted by Crippen LogP contribution is -2.55. The predicted octanol–water partition coefficient (Wildman–Crippen LogP) is 0.903. The molecule has 0 aromatic heterocycles. The number of carbonyl (C=O) groups is 1. The van der Waals surface area contributed by atoms with Gasteiger partial charge < -0.3 is 20.5 Å². The number of nitrogens with one attached hydrogen (secondary N) is 2. The molecule has 144 valence electrons. The molecule has 2 atom stereocenters. The van der Waals surface area contributed by atoms with Crippen molar-refractivity contribution in [2.24, 2.45) is 0 Å². The van der Waals surface area contributed by atoms with E-state index in [1.165, 1.54) is 11.2 Å². The van der Waals surface area contributed by atoms with Gasteiger partial charge in [-0.25, -0.2) is 17.5 Å². The summed E-state index contributed by atoms with van der Waals surface area (Å²) in [4.78, 5) is 11.4. The Morgan fingerprint density at radius 2 is 2.08 bits per heavy atom. The molecule has 3 rings (SSSR count). The first kappa shape index (κ1) is 19.2. The minimum absolute atomic E-state index is 0.0889. The monoisotopic (exact) mass is 403 g/mol. The van der Waals surface area contributed by atoms with E-state index in [9.17, 15) is 18.3 Å². The Morgan fingerprint density at radius 1 is 1.38 bits per heavy atom. The van der Waals surface area contributed by atoms with Crippen LogP contribution in [0.15, 0.2) is 24.3 Å². The lowest BCUT2D eigenvalue weighted by Gasteiger charge is -2.34. The summed E-state index contributed by atoms with van der Waals surface area (Å²) >= 11 is 5.94. The molecular formula is C16H22ClN3O5S. The molecule has 8 nitrogen and oxygen atoms in total. The largest absolute Gasteiger partial charge is 0.490 e. The van der Waals surface area contributed by atoms with Crippen LogP contribution in [0.25, 0.3) is 0 Å². The molecule has 1 aromatic carbocycles. The molecule has 2 heterocycles. The van der Waals surface area contributed by atoms with Crippen molar-refractivity contribution in [2.75, 3.05) is 18.8 Å². The topological polar surface area (TPSA) is 108 Å². The highest BCUT2D eigenvalue weighted by atomic mass is 35.5. The summed E-state index contributed by atoms with van der Waals surface area (Å²) in [5, 5.41) is 15.2. The van der Waals surface area contributed by atoms with Crippen LogP contribution in [-0.2, 0) is 10.0 Å². The van der Waals surface area contributed by atoms with Crippen molar-refractivity contribution in [1.82, 2.24) is 14.9 Å². The Hall–Kier alpha value is -1.55. The summed E-state index contributed by atoms with van der Waals surface area (Å²) in [5.74, 6) is 0.286. The number of urea groups is 1. The van der Waals surface area contributed by atoms with Crippen molar-refractivity contribution in [3.8, 4) is 5.75 Å². The fraction of sp³-hybridized carbons (Fsp3) is 0.562. The van der Waals surface area contributed by atoms with Gasteiger partial charge in [0.25, 0.3) is 0 Å². The van der Waals surface area contributed by atoms with E-state index in [1.807, 2.05) is 6.07 Å². The SMILES string of the molecule is C[C@]1(CS(=O)(=O)N2CCC(Oc3cccc(Cl)c3)CC2)NC(=O)NC1O. The molecule has 2 amide bonds. The first-order valence-electron chi connectivity index (χ1n) is 8.35. The molecule has 2 fully saturated rings. The number of benzene rings is 1. The number of ether oxygens (including phenoxy) is 1. The van der Waals surface area contributed by atoms with Gasteiger partial charge in [0.05, 0.1) is 11.3 Å². The number of rotatable bonds is 5. The molecule has 0 spiro atoms. The number of aliphatic hydroxyl groups is 1. The van der Waals surface area contributed by atoms with Gasteiger partial charge in [-0.15, -0.1) is 0 Å². The second-order valence-corrected chi connectivity index (χ2v) is 9.25. The van der Waals surface area contributed by atoms with Crippen LogP contribution in [0.5, 0.6) is 5.75 Å². The number of aliphatic hydroxyl groups excluding tert-OH is 1. The summed E-state index contributed by atoms with van der Waals surface area (Å²) in [6, 6.07) is 6.52.